The fourth-order valence-electron chi connectivity index (χ4n) is 2.83. The number of nitro benzene ring substituents is 1. The number of methoxy groups -OCH3 is 2. The van der Waals surface area contributed by atoms with Gasteiger partial charge in [0.25, 0.3) is 5.69 Å². The molecule has 0 radical (unpaired) electrons. The first-order valence-electron chi connectivity index (χ1n) is 8.22. The first-order valence-corrected chi connectivity index (χ1v) is 9.03. The number of aromatic nitrogens is 4. The average Bonchev–Trinajstić information content (AvgIpc) is 3.28. The molecule has 2 aromatic carbocycles. The summed E-state index contributed by atoms with van der Waals surface area (Å²) in [5, 5.41) is 24.8. The van der Waals surface area contributed by atoms with Gasteiger partial charge in [-0.2, -0.15) is 9.61 Å². The predicted octanol–water partition coefficient (Wildman–Crippen LogP) is 3.75. The third-order valence-electron chi connectivity index (χ3n) is 4.29. The molecule has 0 spiro atoms. The molecule has 10 heteroatoms. The van der Waals surface area contributed by atoms with Crippen LogP contribution in [0.2, 0.25) is 0 Å². The Kier molecular flexibility index (Phi) is 4.40. The summed E-state index contributed by atoms with van der Waals surface area (Å²) in [6, 6.07) is 10.5. The maximum atomic E-state index is 11.2. The van der Waals surface area contributed by atoms with Gasteiger partial charge in [-0.3, -0.25) is 10.1 Å². The molecule has 0 fully saturated rings. The molecular formula is C18H15N5O4S. The van der Waals surface area contributed by atoms with Crippen LogP contribution in [0.25, 0.3) is 26.9 Å². The summed E-state index contributed by atoms with van der Waals surface area (Å²) in [6.45, 7) is 1.70. The highest BCUT2D eigenvalue weighted by Crippen LogP contribution is 2.34. The van der Waals surface area contributed by atoms with Gasteiger partial charge in [0.2, 0.25) is 4.96 Å². The largest absolute Gasteiger partial charge is 0.493 e. The molecule has 28 heavy (non-hydrogen) atoms. The monoisotopic (exact) mass is 397 g/mol. The van der Waals surface area contributed by atoms with Gasteiger partial charge in [0.05, 0.1) is 19.1 Å². The van der Waals surface area contributed by atoms with E-state index >= 15 is 0 Å². The van der Waals surface area contributed by atoms with Crippen LogP contribution in [0, 0.1) is 17.0 Å². The minimum Gasteiger partial charge on any atom is -0.493 e. The van der Waals surface area contributed by atoms with Gasteiger partial charge in [-0.25, -0.2) is 0 Å². The second-order valence-corrected chi connectivity index (χ2v) is 6.91. The maximum absolute atomic E-state index is 11.2. The Morgan fingerprint density at radius 3 is 2.50 bits per heavy atom. The molecule has 0 bridgehead atoms. The number of aryl methyl sites for hydroxylation is 1. The molecule has 0 unspecified atom stereocenters. The van der Waals surface area contributed by atoms with E-state index in [9.17, 15) is 10.1 Å². The van der Waals surface area contributed by atoms with E-state index in [1.54, 1.807) is 43.9 Å². The van der Waals surface area contributed by atoms with Gasteiger partial charge in [0, 0.05) is 22.8 Å². The second-order valence-electron chi connectivity index (χ2n) is 5.95. The lowest BCUT2D eigenvalue weighted by Crippen LogP contribution is -1.95. The highest BCUT2D eigenvalue weighted by Gasteiger charge is 2.18. The highest BCUT2D eigenvalue weighted by atomic mass is 32.1. The fourth-order valence-corrected chi connectivity index (χ4v) is 3.66. The number of nitrogens with zero attached hydrogens (tertiary/aromatic N) is 5. The molecule has 9 nitrogen and oxygen atoms in total. The van der Waals surface area contributed by atoms with Crippen LogP contribution in [-0.4, -0.2) is 39.0 Å². The number of ether oxygens (including phenoxy) is 2. The first kappa shape index (κ1) is 17.9. The molecule has 0 aliphatic carbocycles. The maximum Gasteiger partial charge on any atom is 0.273 e. The second kappa shape index (κ2) is 6.89. The van der Waals surface area contributed by atoms with Gasteiger partial charge in [0.15, 0.2) is 17.3 Å². The van der Waals surface area contributed by atoms with Crippen LogP contribution < -0.4 is 9.47 Å². The number of fused-ring (bicyclic) bond motifs is 1. The molecule has 0 saturated heterocycles. The van der Waals surface area contributed by atoms with Gasteiger partial charge < -0.3 is 9.47 Å². The van der Waals surface area contributed by atoms with Crippen molar-refractivity contribution in [2.24, 2.45) is 0 Å². The molecule has 0 aliphatic heterocycles. The van der Waals surface area contributed by atoms with Crippen LogP contribution in [0.1, 0.15) is 5.56 Å². The van der Waals surface area contributed by atoms with Crippen molar-refractivity contribution in [2.75, 3.05) is 14.2 Å². The van der Waals surface area contributed by atoms with Crippen molar-refractivity contribution in [2.45, 2.75) is 6.92 Å². The summed E-state index contributed by atoms with van der Waals surface area (Å²) in [7, 11) is 3.13. The minimum absolute atomic E-state index is 0.0589. The third-order valence-corrected chi connectivity index (χ3v) is 5.23. The van der Waals surface area contributed by atoms with Crippen LogP contribution in [0.15, 0.2) is 36.4 Å². The zero-order valence-corrected chi connectivity index (χ0v) is 16.1. The summed E-state index contributed by atoms with van der Waals surface area (Å²) < 4.78 is 12.2. The van der Waals surface area contributed by atoms with Crippen molar-refractivity contribution in [3.05, 3.63) is 52.1 Å². The van der Waals surface area contributed by atoms with Crippen molar-refractivity contribution in [1.29, 1.82) is 0 Å². The molecule has 0 amide bonds. The molecule has 0 N–H and O–H groups in total. The standard InChI is InChI=1S/C18H15N5O4S/c1-10-4-5-12(8-13(10)23(24)25)17-21-22-16(19-20-18(22)28-17)11-6-7-14(26-2)15(9-11)27-3/h4-9H,1-3H3. The van der Waals surface area contributed by atoms with Gasteiger partial charge in [0.1, 0.15) is 5.01 Å². The van der Waals surface area contributed by atoms with Crippen LogP contribution >= 0.6 is 11.3 Å². The summed E-state index contributed by atoms with van der Waals surface area (Å²) in [4.78, 5) is 11.4. The molecule has 4 aromatic rings. The highest BCUT2D eigenvalue weighted by molar-refractivity contribution is 7.19. The van der Waals surface area contributed by atoms with Crippen LogP contribution in [-0.2, 0) is 0 Å². The zero-order valence-electron chi connectivity index (χ0n) is 15.2. The molecular weight excluding hydrogens is 382 g/mol. The molecule has 142 valence electrons. The number of rotatable bonds is 5. The number of nitro groups is 1. The molecule has 2 aromatic heterocycles. The normalized spacial score (nSPS) is 11.0. The summed E-state index contributed by atoms with van der Waals surface area (Å²) in [6.07, 6.45) is 0. The van der Waals surface area contributed by atoms with E-state index in [4.69, 9.17) is 9.47 Å². The zero-order chi connectivity index (χ0) is 19.8. The van der Waals surface area contributed by atoms with Gasteiger partial charge in [-0.15, -0.1) is 10.2 Å². The topological polar surface area (TPSA) is 105 Å². The Morgan fingerprint density at radius 2 is 1.79 bits per heavy atom. The lowest BCUT2D eigenvalue weighted by atomic mass is 10.1. The molecule has 0 saturated carbocycles. The van der Waals surface area contributed by atoms with E-state index in [1.807, 2.05) is 12.1 Å². The fraction of sp³-hybridized carbons (Fsp3) is 0.167. The van der Waals surface area contributed by atoms with E-state index in [0.29, 0.717) is 38.4 Å². The number of hydrogen-bond donors (Lipinski definition) is 0. The van der Waals surface area contributed by atoms with Crippen LogP contribution in [0.3, 0.4) is 0 Å². The Labute approximate surface area is 163 Å². The Bertz CT molecular complexity index is 1200. The predicted molar refractivity (Wildman–Crippen MR) is 104 cm³/mol. The Hall–Kier alpha value is -3.53. The summed E-state index contributed by atoms with van der Waals surface area (Å²) >= 11 is 1.31. The molecule has 0 atom stereocenters. The van der Waals surface area contributed by atoms with E-state index < -0.39 is 4.92 Å². The molecule has 2 heterocycles. The van der Waals surface area contributed by atoms with Crippen molar-refractivity contribution in [3.63, 3.8) is 0 Å². The molecule has 0 aliphatic rings. The van der Waals surface area contributed by atoms with Gasteiger partial charge in [-0.1, -0.05) is 23.5 Å². The smallest absolute Gasteiger partial charge is 0.273 e. The van der Waals surface area contributed by atoms with Crippen molar-refractivity contribution in [1.82, 2.24) is 19.8 Å². The first-order chi connectivity index (χ1) is 13.5. The van der Waals surface area contributed by atoms with Crippen molar-refractivity contribution in [3.8, 4) is 33.5 Å². The Morgan fingerprint density at radius 1 is 1.04 bits per heavy atom. The number of hydrogen-bond acceptors (Lipinski definition) is 8. The summed E-state index contributed by atoms with van der Waals surface area (Å²) in [5.74, 6) is 1.72. The van der Waals surface area contributed by atoms with E-state index in [2.05, 4.69) is 15.3 Å². The third kappa shape index (κ3) is 2.93. The van der Waals surface area contributed by atoms with E-state index in [1.165, 1.54) is 17.4 Å². The lowest BCUT2D eigenvalue weighted by molar-refractivity contribution is -0.385. The van der Waals surface area contributed by atoms with Gasteiger partial charge >= 0.3 is 0 Å². The van der Waals surface area contributed by atoms with Crippen molar-refractivity contribution >= 4 is 22.0 Å². The lowest BCUT2D eigenvalue weighted by Gasteiger charge is -2.08. The van der Waals surface area contributed by atoms with E-state index in [-0.39, 0.29) is 5.69 Å². The number of benzene rings is 2. The molecule has 4 rings (SSSR count). The van der Waals surface area contributed by atoms with E-state index in [0.717, 1.165) is 5.56 Å². The average molecular weight is 397 g/mol. The summed E-state index contributed by atoms with van der Waals surface area (Å²) in [5.41, 5.74) is 2.08. The SMILES string of the molecule is COc1ccc(-c2nnc3sc(-c4ccc(C)c([N+](=O)[O-])c4)nn23)cc1OC. The quantitative estimate of drug-likeness (QED) is 0.373. The Balaban J connectivity index is 1.80. The van der Waals surface area contributed by atoms with Crippen molar-refractivity contribution < 1.29 is 14.4 Å². The minimum atomic E-state index is -0.395. The van der Waals surface area contributed by atoms with Crippen LogP contribution in [0.5, 0.6) is 11.5 Å². The van der Waals surface area contributed by atoms with Gasteiger partial charge in [-0.05, 0) is 25.1 Å². The van der Waals surface area contributed by atoms with Crippen LogP contribution in [0.4, 0.5) is 5.69 Å².